The summed E-state index contributed by atoms with van der Waals surface area (Å²) < 4.78 is 63.8. The monoisotopic (exact) mass is 549 g/mol. The quantitative estimate of drug-likeness (QED) is 0.340. The number of nitrogens with one attached hydrogen (secondary N) is 3. The maximum atomic E-state index is 15.3. The number of aromatic nitrogens is 5. The van der Waals surface area contributed by atoms with E-state index < -0.39 is 37.3 Å². The molecule has 0 spiro atoms. The Morgan fingerprint density at radius 2 is 1.95 bits per heavy atom. The minimum absolute atomic E-state index is 0.100. The minimum atomic E-state index is -4.77. The maximum Gasteiger partial charge on any atom is 0.522 e. The minimum Gasteiger partial charge on any atom is -0.443 e. The molecule has 1 amide bonds. The second-order valence-corrected chi connectivity index (χ2v) is 11.3. The van der Waals surface area contributed by atoms with Gasteiger partial charge < -0.3 is 15.4 Å². The molecule has 208 valence electrons. The van der Waals surface area contributed by atoms with Crippen LogP contribution in [0.2, 0.25) is 0 Å². The summed E-state index contributed by atoms with van der Waals surface area (Å²) in [5.41, 5.74) is 1.74. The number of rotatable bonds is 8. The number of ether oxygens (including phenoxy) is 2. The number of imidazole rings is 1. The molecule has 0 aliphatic heterocycles. The number of fused-ring (bicyclic) bond motifs is 1. The standard InChI is InChI=1S/C25H27F4N7O3/c26-21-15(3-4-18(21)39-23(37)33-24-7-12(8-24)9-24)17-5-19(35-34-17)32-22-31-16(13-1-2-13)6-20-30-14(10-36(20)22)11-38-25(27,28)29/h5-6,10,12-13,15,18,21H,1-4,7-9,11H2,(H,33,37)(H2,31,32,34,35)/t12?,15-,18-,21+,24?/m0/s1. The molecule has 5 fully saturated rings. The van der Waals surface area contributed by atoms with E-state index in [0.29, 0.717) is 41.9 Å². The van der Waals surface area contributed by atoms with Gasteiger partial charge in [-0.1, -0.05) is 0 Å². The number of anilines is 2. The molecule has 3 aromatic rings. The van der Waals surface area contributed by atoms with Crippen LogP contribution >= 0.6 is 0 Å². The van der Waals surface area contributed by atoms with E-state index in [0.717, 1.165) is 37.8 Å². The summed E-state index contributed by atoms with van der Waals surface area (Å²) in [4.78, 5) is 21.2. The third-order valence-corrected chi connectivity index (χ3v) is 8.31. The summed E-state index contributed by atoms with van der Waals surface area (Å²) in [7, 11) is 0. The number of aromatic amines is 1. The zero-order valence-electron chi connectivity index (χ0n) is 20.8. The van der Waals surface area contributed by atoms with E-state index in [1.165, 1.54) is 10.6 Å². The molecule has 5 aliphatic rings. The van der Waals surface area contributed by atoms with E-state index in [-0.39, 0.29) is 17.2 Å². The van der Waals surface area contributed by atoms with Crippen LogP contribution in [-0.2, 0) is 16.1 Å². The van der Waals surface area contributed by atoms with Crippen LogP contribution in [-0.4, -0.2) is 54.8 Å². The summed E-state index contributed by atoms with van der Waals surface area (Å²) in [6.45, 7) is -0.724. The molecular weight excluding hydrogens is 522 g/mol. The van der Waals surface area contributed by atoms with Crippen LogP contribution in [0, 0.1) is 5.92 Å². The average Bonchev–Trinajstić information content (AvgIpc) is 3.27. The normalized spacial score (nSPS) is 29.6. The average molecular weight is 550 g/mol. The number of nitrogens with zero attached hydrogens (tertiary/aromatic N) is 4. The lowest BCUT2D eigenvalue weighted by Gasteiger charge is -2.61. The van der Waals surface area contributed by atoms with Crippen molar-refractivity contribution in [3.63, 3.8) is 0 Å². The predicted molar refractivity (Wildman–Crippen MR) is 128 cm³/mol. The molecule has 0 saturated heterocycles. The Labute approximate surface area is 219 Å². The molecule has 3 heterocycles. The number of carbonyl (C=O) groups is 1. The fourth-order valence-corrected chi connectivity index (χ4v) is 6.05. The lowest BCUT2D eigenvalue weighted by molar-refractivity contribution is -0.330. The van der Waals surface area contributed by atoms with Crippen LogP contribution in [0.15, 0.2) is 18.3 Å². The Hall–Kier alpha value is -3.42. The molecule has 3 N–H and O–H groups in total. The Kier molecular flexibility index (Phi) is 5.55. The molecular formula is C25H27F4N7O3. The first-order valence-electron chi connectivity index (χ1n) is 13.2. The number of hydrogen-bond acceptors (Lipinski definition) is 7. The van der Waals surface area contributed by atoms with Crippen molar-refractivity contribution in [1.29, 1.82) is 0 Å². The lowest BCUT2D eigenvalue weighted by atomic mass is 9.50. The highest BCUT2D eigenvalue weighted by Gasteiger charge is 2.58. The smallest absolute Gasteiger partial charge is 0.443 e. The Balaban J connectivity index is 1.05. The van der Waals surface area contributed by atoms with E-state index in [1.807, 2.05) is 0 Å². The molecule has 0 aromatic carbocycles. The Morgan fingerprint density at radius 1 is 1.15 bits per heavy atom. The molecule has 2 bridgehead atoms. The Bertz CT molecular complexity index is 1400. The van der Waals surface area contributed by atoms with Crippen LogP contribution in [0.1, 0.15) is 73.9 Å². The van der Waals surface area contributed by atoms with Gasteiger partial charge in [0, 0.05) is 41.4 Å². The van der Waals surface area contributed by atoms with Crippen LogP contribution in [0.3, 0.4) is 0 Å². The van der Waals surface area contributed by atoms with Crippen molar-refractivity contribution >= 4 is 23.5 Å². The maximum absolute atomic E-state index is 15.3. The van der Waals surface area contributed by atoms with Crippen molar-refractivity contribution in [3.05, 3.63) is 35.4 Å². The SMILES string of the molecule is O=C(NC12CC(C1)C2)O[C@H]1CC[C@@H](c2cc(Nc3nc(C4CC4)cc4nc(COC(F)(F)F)cn34)n[nH]2)[C@H]1F. The first kappa shape index (κ1) is 24.6. The molecule has 5 saturated carbocycles. The fourth-order valence-electron chi connectivity index (χ4n) is 6.05. The number of halogens is 4. The summed E-state index contributed by atoms with van der Waals surface area (Å²) in [6, 6.07) is 3.43. The van der Waals surface area contributed by atoms with Gasteiger partial charge >= 0.3 is 12.5 Å². The van der Waals surface area contributed by atoms with Gasteiger partial charge in [0.05, 0.1) is 18.0 Å². The Morgan fingerprint density at radius 3 is 2.64 bits per heavy atom. The fraction of sp³-hybridized carbons (Fsp3) is 0.600. The topological polar surface area (TPSA) is 118 Å². The van der Waals surface area contributed by atoms with Gasteiger partial charge in [0.15, 0.2) is 5.82 Å². The second-order valence-electron chi connectivity index (χ2n) is 11.3. The van der Waals surface area contributed by atoms with Gasteiger partial charge in [0.2, 0.25) is 5.95 Å². The number of alkyl halides is 4. The van der Waals surface area contributed by atoms with Crippen molar-refractivity contribution in [3.8, 4) is 0 Å². The largest absolute Gasteiger partial charge is 0.522 e. The highest BCUT2D eigenvalue weighted by Crippen LogP contribution is 2.57. The second kappa shape index (κ2) is 8.80. The van der Waals surface area contributed by atoms with Gasteiger partial charge in [-0.2, -0.15) is 5.10 Å². The van der Waals surface area contributed by atoms with Crippen molar-refractivity contribution in [2.24, 2.45) is 5.92 Å². The zero-order chi connectivity index (χ0) is 26.9. The van der Waals surface area contributed by atoms with Gasteiger partial charge in [-0.15, -0.1) is 13.2 Å². The molecule has 5 aliphatic carbocycles. The first-order valence-corrected chi connectivity index (χ1v) is 13.2. The van der Waals surface area contributed by atoms with Gasteiger partial charge in [-0.05, 0) is 50.9 Å². The molecule has 3 aromatic heterocycles. The molecule has 3 atom stereocenters. The van der Waals surface area contributed by atoms with Crippen molar-refractivity contribution < 1.29 is 31.8 Å². The number of alkyl carbamates (subject to hydrolysis) is 1. The van der Waals surface area contributed by atoms with E-state index in [4.69, 9.17) is 4.74 Å². The number of hydrogen-bond donors (Lipinski definition) is 3. The molecule has 10 nitrogen and oxygen atoms in total. The van der Waals surface area contributed by atoms with Gasteiger partial charge in [-0.3, -0.25) is 14.2 Å². The van der Waals surface area contributed by atoms with E-state index in [9.17, 15) is 18.0 Å². The molecule has 14 heteroatoms. The third kappa shape index (κ3) is 4.79. The van der Waals surface area contributed by atoms with Crippen molar-refractivity contribution in [2.75, 3.05) is 5.32 Å². The molecule has 39 heavy (non-hydrogen) atoms. The highest BCUT2D eigenvalue weighted by atomic mass is 19.4. The molecule has 8 rings (SSSR count). The predicted octanol–water partition coefficient (Wildman–Crippen LogP) is 4.97. The molecule has 0 radical (unpaired) electrons. The van der Waals surface area contributed by atoms with Crippen molar-refractivity contribution in [1.82, 2.24) is 29.9 Å². The van der Waals surface area contributed by atoms with Crippen LogP contribution in [0.5, 0.6) is 0 Å². The summed E-state index contributed by atoms with van der Waals surface area (Å²) in [5, 5.41) is 13.1. The summed E-state index contributed by atoms with van der Waals surface area (Å²) in [5.74, 6) is 1.15. The van der Waals surface area contributed by atoms with Gasteiger partial charge in [0.25, 0.3) is 0 Å². The first-order chi connectivity index (χ1) is 18.6. The summed E-state index contributed by atoms with van der Waals surface area (Å²) >= 11 is 0. The zero-order valence-corrected chi connectivity index (χ0v) is 20.8. The van der Waals surface area contributed by atoms with E-state index in [2.05, 4.69) is 35.5 Å². The number of amides is 1. The van der Waals surface area contributed by atoms with Crippen LogP contribution < -0.4 is 10.6 Å². The molecule has 0 unspecified atom stereocenters. The van der Waals surface area contributed by atoms with E-state index in [1.54, 1.807) is 12.1 Å². The van der Waals surface area contributed by atoms with Gasteiger partial charge in [-0.25, -0.2) is 19.2 Å². The number of carbonyl (C=O) groups excluding carboxylic acids is 1. The third-order valence-electron chi connectivity index (χ3n) is 8.31. The van der Waals surface area contributed by atoms with Crippen molar-refractivity contribution in [2.45, 2.75) is 87.6 Å². The van der Waals surface area contributed by atoms with Crippen LogP contribution in [0.25, 0.3) is 5.65 Å². The van der Waals surface area contributed by atoms with E-state index >= 15 is 4.39 Å². The van der Waals surface area contributed by atoms with Gasteiger partial charge in [0.1, 0.15) is 17.9 Å². The lowest BCUT2D eigenvalue weighted by Crippen LogP contribution is -2.68. The highest BCUT2D eigenvalue weighted by molar-refractivity contribution is 5.69. The summed E-state index contributed by atoms with van der Waals surface area (Å²) in [6.07, 6.45) is -0.345. The van der Waals surface area contributed by atoms with Crippen LogP contribution in [0.4, 0.5) is 34.1 Å². The number of H-pyrrole nitrogens is 1.